The Kier molecular flexibility index (Phi) is 5.03. The van der Waals surface area contributed by atoms with Gasteiger partial charge in [-0.05, 0) is 24.7 Å². The van der Waals surface area contributed by atoms with E-state index in [4.69, 9.17) is 0 Å². The molecule has 0 bridgehead atoms. The van der Waals surface area contributed by atoms with E-state index >= 15 is 0 Å². The van der Waals surface area contributed by atoms with Crippen molar-refractivity contribution in [2.24, 2.45) is 11.3 Å². The van der Waals surface area contributed by atoms with Gasteiger partial charge in [0.1, 0.15) is 0 Å². The molecule has 0 rings (SSSR count). The first kappa shape index (κ1) is 13.9. The normalized spacial score (nSPS) is 15.6. The summed E-state index contributed by atoms with van der Waals surface area (Å²) < 4.78 is 25.4. The van der Waals surface area contributed by atoms with E-state index in [2.05, 4.69) is 27.7 Å². The zero-order valence-electron chi connectivity index (χ0n) is 10.2. The van der Waals surface area contributed by atoms with Gasteiger partial charge < -0.3 is 0 Å². The highest BCUT2D eigenvalue weighted by atomic mass is 19.3. The highest BCUT2D eigenvalue weighted by Crippen LogP contribution is 2.35. The monoisotopic (exact) mass is 206 g/mol. The third-order valence-electron chi connectivity index (χ3n) is 2.79. The lowest BCUT2D eigenvalue weighted by molar-refractivity contribution is 0.000469. The molecule has 1 atom stereocenters. The van der Waals surface area contributed by atoms with Crippen molar-refractivity contribution in [1.29, 1.82) is 0 Å². The maximum Gasteiger partial charge on any atom is 0.245 e. The van der Waals surface area contributed by atoms with Gasteiger partial charge in [0.2, 0.25) is 5.92 Å². The lowest BCUT2D eigenvalue weighted by Gasteiger charge is -2.31. The molecule has 0 amide bonds. The Labute approximate surface area is 87.1 Å². The van der Waals surface area contributed by atoms with Crippen molar-refractivity contribution in [3.05, 3.63) is 0 Å². The van der Waals surface area contributed by atoms with Gasteiger partial charge in [-0.1, -0.05) is 40.5 Å². The van der Waals surface area contributed by atoms with Crippen LogP contribution in [0.4, 0.5) is 8.78 Å². The quantitative estimate of drug-likeness (QED) is 0.601. The van der Waals surface area contributed by atoms with Crippen LogP contribution >= 0.6 is 0 Å². The van der Waals surface area contributed by atoms with Crippen LogP contribution in [-0.2, 0) is 0 Å². The maximum absolute atomic E-state index is 12.7. The minimum Gasteiger partial charge on any atom is -0.207 e. The van der Waals surface area contributed by atoms with Crippen molar-refractivity contribution in [1.82, 2.24) is 0 Å². The number of halogens is 2. The molecule has 0 radical (unpaired) electrons. The Balaban J connectivity index is 4.12. The van der Waals surface area contributed by atoms with Crippen molar-refractivity contribution in [2.75, 3.05) is 0 Å². The minimum atomic E-state index is -2.50. The topological polar surface area (TPSA) is 0 Å². The molecule has 0 heterocycles. The standard InChI is InChI=1S/C12H24F2/c1-6-7-10(11(2,3)4)8-9-12(5,13)14/h10H,6-9H2,1-5H3. The second kappa shape index (κ2) is 5.09. The van der Waals surface area contributed by atoms with E-state index in [1.54, 1.807) is 0 Å². The summed E-state index contributed by atoms with van der Waals surface area (Å²) in [5.41, 5.74) is 0.154. The molecule has 14 heavy (non-hydrogen) atoms. The Morgan fingerprint density at radius 1 is 1.00 bits per heavy atom. The zero-order chi connectivity index (χ0) is 11.4. The average Bonchev–Trinajstić information content (AvgIpc) is 1.93. The lowest BCUT2D eigenvalue weighted by atomic mass is 9.75. The molecule has 0 aliphatic carbocycles. The van der Waals surface area contributed by atoms with Gasteiger partial charge in [-0.15, -0.1) is 0 Å². The molecule has 0 N–H and O–H groups in total. The van der Waals surface area contributed by atoms with Crippen molar-refractivity contribution >= 4 is 0 Å². The minimum absolute atomic E-state index is 0.0228. The van der Waals surface area contributed by atoms with Crippen LogP contribution in [0, 0.1) is 11.3 Å². The van der Waals surface area contributed by atoms with Gasteiger partial charge >= 0.3 is 0 Å². The van der Waals surface area contributed by atoms with E-state index in [0.29, 0.717) is 12.3 Å². The van der Waals surface area contributed by atoms with Crippen molar-refractivity contribution in [2.45, 2.75) is 66.2 Å². The Hall–Kier alpha value is -0.140. The Morgan fingerprint density at radius 2 is 1.50 bits per heavy atom. The molecule has 0 spiro atoms. The molecular weight excluding hydrogens is 182 g/mol. The first-order chi connectivity index (χ1) is 6.17. The highest BCUT2D eigenvalue weighted by molar-refractivity contribution is 4.75. The SMILES string of the molecule is CCCC(CCC(C)(F)F)C(C)(C)C. The molecule has 0 aromatic rings. The fourth-order valence-corrected chi connectivity index (χ4v) is 1.79. The maximum atomic E-state index is 12.7. The highest BCUT2D eigenvalue weighted by Gasteiger charge is 2.28. The van der Waals surface area contributed by atoms with Crippen molar-refractivity contribution in [3.63, 3.8) is 0 Å². The predicted molar refractivity (Wildman–Crippen MR) is 57.7 cm³/mol. The fraction of sp³-hybridized carbons (Fsp3) is 1.00. The molecular formula is C12H24F2. The van der Waals surface area contributed by atoms with Gasteiger partial charge in [-0.2, -0.15) is 0 Å². The summed E-state index contributed by atoms with van der Waals surface area (Å²) in [7, 11) is 0. The molecule has 0 saturated heterocycles. The fourth-order valence-electron chi connectivity index (χ4n) is 1.79. The lowest BCUT2D eigenvalue weighted by Crippen LogP contribution is -2.23. The Bertz CT molecular complexity index is 151. The summed E-state index contributed by atoms with van der Waals surface area (Å²) in [6, 6.07) is 0. The molecule has 0 aromatic heterocycles. The first-order valence-corrected chi connectivity index (χ1v) is 5.54. The number of hydrogen-bond donors (Lipinski definition) is 0. The van der Waals surface area contributed by atoms with E-state index < -0.39 is 5.92 Å². The van der Waals surface area contributed by atoms with Gasteiger partial charge in [0.25, 0.3) is 0 Å². The van der Waals surface area contributed by atoms with Gasteiger partial charge in [0, 0.05) is 6.42 Å². The van der Waals surface area contributed by atoms with Gasteiger partial charge in [-0.3, -0.25) is 0 Å². The second-order valence-electron chi connectivity index (χ2n) is 5.46. The first-order valence-electron chi connectivity index (χ1n) is 5.54. The van der Waals surface area contributed by atoms with E-state index in [9.17, 15) is 8.78 Å². The van der Waals surface area contributed by atoms with Crippen LogP contribution in [0.15, 0.2) is 0 Å². The summed E-state index contributed by atoms with van der Waals surface area (Å²) in [4.78, 5) is 0. The van der Waals surface area contributed by atoms with Gasteiger partial charge in [0.05, 0.1) is 0 Å². The summed E-state index contributed by atoms with van der Waals surface area (Å²) in [6.07, 6.45) is 2.80. The van der Waals surface area contributed by atoms with E-state index in [1.807, 2.05) is 0 Å². The smallest absolute Gasteiger partial charge is 0.207 e. The molecule has 0 nitrogen and oxygen atoms in total. The molecule has 0 fully saturated rings. The van der Waals surface area contributed by atoms with Crippen molar-refractivity contribution in [3.8, 4) is 0 Å². The molecule has 0 aromatic carbocycles. The van der Waals surface area contributed by atoms with E-state index in [1.165, 1.54) is 0 Å². The molecule has 2 heteroatoms. The number of hydrogen-bond acceptors (Lipinski definition) is 0. The molecule has 86 valence electrons. The van der Waals surface area contributed by atoms with Crippen molar-refractivity contribution < 1.29 is 8.78 Å². The van der Waals surface area contributed by atoms with Crippen LogP contribution in [0.3, 0.4) is 0 Å². The predicted octanol–water partition coefficient (Wildman–Crippen LogP) is 4.88. The molecule has 0 aliphatic rings. The summed E-state index contributed by atoms with van der Waals surface area (Å²) >= 11 is 0. The number of alkyl halides is 2. The summed E-state index contributed by atoms with van der Waals surface area (Å²) in [5.74, 6) is -2.09. The van der Waals surface area contributed by atoms with Crippen LogP contribution in [0.1, 0.15) is 60.3 Å². The van der Waals surface area contributed by atoms with Crippen LogP contribution in [0.5, 0.6) is 0 Å². The zero-order valence-corrected chi connectivity index (χ0v) is 10.2. The summed E-state index contributed by atoms with van der Waals surface area (Å²) in [6.45, 7) is 9.55. The third-order valence-corrected chi connectivity index (χ3v) is 2.79. The summed E-state index contributed by atoms with van der Waals surface area (Å²) in [5, 5.41) is 0. The van der Waals surface area contributed by atoms with Gasteiger partial charge in [0.15, 0.2) is 0 Å². The molecule has 0 saturated carbocycles. The largest absolute Gasteiger partial charge is 0.245 e. The number of rotatable bonds is 5. The van der Waals surface area contributed by atoms with E-state index in [-0.39, 0.29) is 11.8 Å². The van der Waals surface area contributed by atoms with Gasteiger partial charge in [-0.25, -0.2) is 8.78 Å². The second-order valence-corrected chi connectivity index (χ2v) is 5.46. The molecule has 0 aliphatic heterocycles. The van der Waals surface area contributed by atoms with Crippen LogP contribution < -0.4 is 0 Å². The average molecular weight is 206 g/mol. The Morgan fingerprint density at radius 3 is 1.79 bits per heavy atom. The van der Waals surface area contributed by atoms with Crippen LogP contribution in [0.25, 0.3) is 0 Å². The van der Waals surface area contributed by atoms with Crippen LogP contribution in [0.2, 0.25) is 0 Å². The third kappa shape index (κ3) is 6.33. The van der Waals surface area contributed by atoms with Crippen LogP contribution in [-0.4, -0.2) is 5.92 Å². The van der Waals surface area contributed by atoms with E-state index in [0.717, 1.165) is 19.8 Å². The molecule has 1 unspecified atom stereocenters.